The SMILES string of the molecule is Cn1cc(CN2CCC(OCc3ccccn3)CC2)c(-c2ccc3c(c2)OCCO3)n1. The van der Waals surface area contributed by atoms with Crippen LogP contribution in [-0.4, -0.2) is 52.1 Å². The van der Waals surface area contributed by atoms with Gasteiger partial charge in [0.05, 0.1) is 24.1 Å². The molecule has 1 fully saturated rings. The fraction of sp³-hybridized carbons (Fsp3) is 0.417. The van der Waals surface area contributed by atoms with Crippen LogP contribution in [0.2, 0.25) is 0 Å². The van der Waals surface area contributed by atoms with Gasteiger partial charge in [0.15, 0.2) is 11.5 Å². The Labute approximate surface area is 182 Å². The van der Waals surface area contributed by atoms with E-state index in [2.05, 4.69) is 22.1 Å². The number of nitrogens with zero attached hydrogens (tertiary/aromatic N) is 4. The third kappa shape index (κ3) is 4.73. The van der Waals surface area contributed by atoms with E-state index in [9.17, 15) is 0 Å². The van der Waals surface area contributed by atoms with Gasteiger partial charge in [-0.1, -0.05) is 6.07 Å². The lowest BCUT2D eigenvalue weighted by atomic mass is 10.0. The lowest BCUT2D eigenvalue weighted by Crippen LogP contribution is -2.36. The zero-order valence-corrected chi connectivity index (χ0v) is 17.9. The third-order valence-corrected chi connectivity index (χ3v) is 5.84. The van der Waals surface area contributed by atoms with Crippen molar-refractivity contribution in [3.8, 4) is 22.8 Å². The number of fused-ring (bicyclic) bond motifs is 1. The second-order valence-corrected chi connectivity index (χ2v) is 8.14. The number of benzene rings is 1. The van der Waals surface area contributed by atoms with Crippen LogP contribution in [0.5, 0.6) is 11.5 Å². The first-order chi connectivity index (χ1) is 15.2. The smallest absolute Gasteiger partial charge is 0.162 e. The van der Waals surface area contributed by atoms with Gasteiger partial charge < -0.3 is 14.2 Å². The normalized spacial score (nSPS) is 17.1. The minimum absolute atomic E-state index is 0.296. The van der Waals surface area contributed by atoms with Crippen molar-refractivity contribution < 1.29 is 14.2 Å². The van der Waals surface area contributed by atoms with E-state index in [1.54, 1.807) is 0 Å². The van der Waals surface area contributed by atoms with Crippen LogP contribution in [0.3, 0.4) is 0 Å². The van der Waals surface area contributed by atoms with Gasteiger partial charge in [0.2, 0.25) is 0 Å². The molecule has 4 heterocycles. The molecule has 2 aliphatic heterocycles. The number of aryl methyl sites for hydroxylation is 1. The molecule has 2 aliphatic rings. The van der Waals surface area contributed by atoms with Gasteiger partial charge in [0.1, 0.15) is 13.2 Å². The standard InChI is InChI=1S/C24H28N4O3/c1-27-15-19(24(26-27)18-5-6-22-23(14-18)30-13-12-29-22)16-28-10-7-21(8-11-28)31-17-20-4-2-3-9-25-20/h2-6,9,14-15,21H,7-8,10-13,16-17H2,1H3. The van der Waals surface area contributed by atoms with Gasteiger partial charge in [-0.05, 0) is 43.2 Å². The topological polar surface area (TPSA) is 61.6 Å². The highest BCUT2D eigenvalue weighted by Gasteiger charge is 2.22. The van der Waals surface area contributed by atoms with E-state index in [0.717, 1.165) is 60.9 Å². The fourth-order valence-electron chi connectivity index (χ4n) is 4.25. The molecule has 31 heavy (non-hydrogen) atoms. The molecule has 0 radical (unpaired) electrons. The van der Waals surface area contributed by atoms with Crippen molar-refractivity contribution in [2.75, 3.05) is 26.3 Å². The fourth-order valence-corrected chi connectivity index (χ4v) is 4.25. The summed E-state index contributed by atoms with van der Waals surface area (Å²) in [6.45, 7) is 4.68. The van der Waals surface area contributed by atoms with Gasteiger partial charge in [-0.25, -0.2) is 0 Å². The van der Waals surface area contributed by atoms with Crippen molar-refractivity contribution in [2.45, 2.75) is 32.1 Å². The number of hydrogen-bond acceptors (Lipinski definition) is 6. The van der Waals surface area contributed by atoms with Crippen molar-refractivity contribution >= 4 is 0 Å². The third-order valence-electron chi connectivity index (χ3n) is 5.84. The molecule has 0 bridgehead atoms. The Hall–Kier alpha value is -2.90. The average molecular weight is 421 g/mol. The van der Waals surface area contributed by atoms with Crippen molar-refractivity contribution in [3.63, 3.8) is 0 Å². The predicted octanol–water partition coefficient (Wildman–Crippen LogP) is 3.43. The number of pyridine rings is 1. The molecule has 2 aromatic heterocycles. The quantitative estimate of drug-likeness (QED) is 0.609. The molecule has 0 atom stereocenters. The van der Waals surface area contributed by atoms with Crippen molar-refractivity contribution in [1.29, 1.82) is 0 Å². The molecule has 0 unspecified atom stereocenters. The lowest BCUT2D eigenvalue weighted by Gasteiger charge is -2.31. The van der Waals surface area contributed by atoms with Gasteiger partial charge in [-0.15, -0.1) is 0 Å². The second kappa shape index (κ2) is 9.08. The summed E-state index contributed by atoms with van der Waals surface area (Å²) in [6.07, 6.45) is 6.30. The minimum Gasteiger partial charge on any atom is -0.486 e. The number of ether oxygens (including phenoxy) is 3. The first kappa shape index (κ1) is 20.0. The van der Waals surface area contributed by atoms with Gasteiger partial charge in [-0.2, -0.15) is 5.10 Å². The van der Waals surface area contributed by atoms with E-state index in [4.69, 9.17) is 19.3 Å². The van der Waals surface area contributed by atoms with Gasteiger partial charge >= 0.3 is 0 Å². The monoisotopic (exact) mass is 420 g/mol. The molecule has 7 heteroatoms. The molecule has 0 spiro atoms. The largest absolute Gasteiger partial charge is 0.486 e. The van der Waals surface area contributed by atoms with Crippen LogP contribution in [0.25, 0.3) is 11.3 Å². The summed E-state index contributed by atoms with van der Waals surface area (Å²) in [5.74, 6) is 1.60. The van der Waals surface area contributed by atoms with Crippen molar-refractivity contribution in [3.05, 3.63) is 60.0 Å². The van der Waals surface area contributed by atoms with E-state index in [1.165, 1.54) is 5.56 Å². The number of aromatic nitrogens is 3. The van der Waals surface area contributed by atoms with Crippen LogP contribution in [-0.2, 0) is 24.9 Å². The maximum Gasteiger partial charge on any atom is 0.162 e. The summed E-state index contributed by atoms with van der Waals surface area (Å²) in [7, 11) is 1.97. The predicted molar refractivity (Wildman–Crippen MR) is 117 cm³/mol. The van der Waals surface area contributed by atoms with Crippen LogP contribution in [0, 0.1) is 0 Å². The molecule has 0 N–H and O–H groups in total. The number of hydrogen-bond donors (Lipinski definition) is 0. The molecule has 1 aromatic carbocycles. The number of rotatable bonds is 6. The molecule has 1 saturated heterocycles. The molecule has 0 amide bonds. The Bertz CT molecular complexity index is 1010. The van der Waals surface area contributed by atoms with E-state index >= 15 is 0 Å². The highest BCUT2D eigenvalue weighted by Crippen LogP contribution is 2.35. The molecule has 5 rings (SSSR count). The average Bonchev–Trinajstić information content (AvgIpc) is 3.19. The molecular formula is C24H28N4O3. The Morgan fingerprint density at radius 2 is 1.90 bits per heavy atom. The van der Waals surface area contributed by atoms with Crippen LogP contribution in [0.4, 0.5) is 0 Å². The highest BCUT2D eigenvalue weighted by atomic mass is 16.6. The Kier molecular flexibility index (Phi) is 5.86. The van der Waals surface area contributed by atoms with Gasteiger partial charge in [-0.3, -0.25) is 14.6 Å². The summed E-state index contributed by atoms with van der Waals surface area (Å²) in [6, 6.07) is 12.0. The Morgan fingerprint density at radius 3 is 2.71 bits per heavy atom. The van der Waals surface area contributed by atoms with Gasteiger partial charge in [0.25, 0.3) is 0 Å². The van der Waals surface area contributed by atoms with Gasteiger partial charge in [0, 0.05) is 50.2 Å². The number of likely N-dealkylation sites (tertiary alicyclic amines) is 1. The summed E-state index contributed by atoms with van der Waals surface area (Å²) in [5.41, 5.74) is 4.29. The molecule has 7 nitrogen and oxygen atoms in total. The Morgan fingerprint density at radius 1 is 1.06 bits per heavy atom. The van der Waals surface area contributed by atoms with E-state index < -0.39 is 0 Å². The summed E-state index contributed by atoms with van der Waals surface area (Å²) in [5, 5.41) is 4.74. The van der Waals surface area contributed by atoms with Crippen molar-refractivity contribution in [2.24, 2.45) is 7.05 Å². The van der Waals surface area contributed by atoms with Crippen LogP contribution < -0.4 is 9.47 Å². The van der Waals surface area contributed by atoms with Crippen LogP contribution in [0.15, 0.2) is 48.8 Å². The Balaban J connectivity index is 1.21. The van der Waals surface area contributed by atoms with E-state index in [-0.39, 0.29) is 0 Å². The summed E-state index contributed by atoms with van der Waals surface area (Å²) in [4.78, 5) is 6.83. The first-order valence-electron chi connectivity index (χ1n) is 10.9. The van der Waals surface area contributed by atoms with E-state index in [1.807, 2.05) is 48.3 Å². The maximum atomic E-state index is 6.09. The highest BCUT2D eigenvalue weighted by molar-refractivity contribution is 5.66. The zero-order chi connectivity index (χ0) is 21.0. The molecule has 0 saturated carbocycles. The van der Waals surface area contributed by atoms with E-state index in [0.29, 0.717) is 25.9 Å². The minimum atomic E-state index is 0.296. The van der Waals surface area contributed by atoms with Crippen LogP contribution >= 0.6 is 0 Å². The second-order valence-electron chi connectivity index (χ2n) is 8.14. The summed E-state index contributed by atoms with van der Waals surface area (Å²) < 4.78 is 19.4. The zero-order valence-electron chi connectivity index (χ0n) is 17.9. The molecule has 0 aliphatic carbocycles. The number of piperidine rings is 1. The molecule has 3 aromatic rings. The lowest BCUT2D eigenvalue weighted by molar-refractivity contribution is -0.00520. The molecular weight excluding hydrogens is 392 g/mol. The van der Waals surface area contributed by atoms with Crippen molar-refractivity contribution in [1.82, 2.24) is 19.7 Å². The summed E-state index contributed by atoms with van der Waals surface area (Å²) >= 11 is 0. The maximum absolute atomic E-state index is 6.09. The first-order valence-corrected chi connectivity index (χ1v) is 10.9. The molecule has 162 valence electrons. The van der Waals surface area contributed by atoms with Crippen LogP contribution in [0.1, 0.15) is 24.1 Å².